The Morgan fingerprint density at radius 1 is 0.488 bits per heavy atom. The van der Waals surface area contributed by atoms with Gasteiger partial charge in [0.05, 0.1) is 128 Å². The minimum atomic E-state index is -6.85. The fourth-order valence-electron chi connectivity index (χ4n) is 8.56. The summed E-state index contributed by atoms with van der Waals surface area (Å²) in [5.74, 6) is -1.87. The third kappa shape index (κ3) is 34.4. The number of esters is 4. The second kappa shape index (κ2) is 49.8. The number of nitrogens with zero attached hydrogens (tertiary/aromatic N) is 9. The fourth-order valence-corrected chi connectivity index (χ4v) is 11.9. The Morgan fingerprint density at radius 2 is 0.874 bits per heavy atom. The predicted molar refractivity (Wildman–Crippen MR) is 482 cm³/mol. The summed E-state index contributed by atoms with van der Waals surface area (Å²) in [7, 11) is -4.47. The van der Waals surface area contributed by atoms with Crippen LogP contribution in [0.25, 0.3) is 55.2 Å². The van der Waals surface area contributed by atoms with Crippen LogP contribution >= 0.6 is 145 Å². The molecule has 6 N–H and O–H groups in total. The highest BCUT2D eigenvalue weighted by atomic mass is 80.0. The number of H-pyrrole nitrogens is 3. The van der Waals surface area contributed by atoms with Crippen LogP contribution < -0.4 is 55.9 Å². The highest BCUT2D eigenvalue weighted by Crippen LogP contribution is 2.59. The fraction of sp³-hybridized carbons (Fsp3) is 0.222. The van der Waals surface area contributed by atoms with Crippen molar-refractivity contribution in [1.82, 2.24) is 59.8 Å². The molecule has 2 saturated heterocycles. The Labute approximate surface area is 785 Å². The van der Waals surface area contributed by atoms with E-state index in [9.17, 15) is 76.7 Å². The van der Waals surface area contributed by atoms with Crippen LogP contribution in [-0.4, -0.2) is 166 Å². The van der Waals surface area contributed by atoms with E-state index in [1.807, 2.05) is 15.8 Å². The van der Waals surface area contributed by atoms with Gasteiger partial charge in [0.15, 0.2) is 5.57 Å². The van der Waals surface area contributed by atoms with Gasteiger partial charge in [0, 0.05) is 113 Å². The van der Waals surface area contributed by atoms with Crippen molar-refractivity contribution in [3.05, 3.63) is 210 Å². The molecule has 12 aromatic heterocycles. The molecule has 2 fully saturated rings. The first-order valence-electron chi connectivity index (χ1n) is 33.4. The quantitative estimate of drug-likeness (QED) is 0.0161. The number of carbonyl (C=O) groups excluding carboxylic acids is 4. The largest absolute Gasteiger partial charge is 0.524 e. The number of aromatic amines is 3. The van der Waals surface area contributed by atoms with E-state index in [0.29, 0.717) is 105 Å². The zero-order valence-electron chi connectivity index (χ0n) is 65.4. The van der Waals surface area contributed by atoms with E-state index in [-0.39, 0.29) is 50.4 Å². The van der Waals surface area contributed by atoms with Gasteiger partial charge in [-0.2, -0.15) is 43.2 Å². The summed E-state index contributed by atoms with van der Waals surface area (Å²) in [4.78, 5) is 123. The number of ether oxygens (including phenoxy) is 10. The number of fused-ring (bicyclic) bond motifs is 5. The molecule has 2 aliphatic rings. The second-order valence-electron chi connectivity index (χ2n) is 23.8. The van der Waals surface area contributed by atoms with Crippen molar-refractivity contribution < 1.29 is 113 Å². The summed E-state index contributed by atoms with van der Waals surface area (Å²) in [5, 5.41) is 4.46. The number of alkyl halides is 6. The number of cyclic esters (lactones) is 4. The number of rotatable bonds is 10. The van der Waals surface area contributed by atoms with Crippen LogP contribution in [0.2, 0.25) is 20.1 Å². The molecule has 0 saturated carbocycles. The molecule has 127 heavy (non-hydrogen) atoms. The van der Waals surface area contributed by atoms with E-state index in [0.717, 1.165) is 20.0 Å². The average Bonchev–Trinajstić information content (AvgIpc) is 0.784. The molecular formula is C72H65Br6Cl4F6N14O22PS2. The zero-order valence-corrected chi connectivity index (χ0v) is 80.4. The molecule has 55 heteroatoms. The molecule has 14 rings (SSSR count). The molecule has 0 aliphatic carbocycles. The van der Waals surface area contributed by atoms with Crippen molar-refractivity contribution in [2.75, 3.05) is 53.7 Å². The molecule has 12 aromatic rings. The highest BCUT2D eigenvalue weighted by Gasteiger charge is 2.57. The van der Waals surface area contributed by atoms with Crippen LogP contribution in [0.3, 0.4) is 0 Å². The van der Waals surface area contributed by atoms with Gasteiger partial charge >= 0.3 is 55.1 Å². The molecule has 0 radical (unpaired) electrons. The van der Waals surface area contributed by atoms with Crippen LogP contribution in [0.5, 0.6) is 35.3 Å². The lowest BCUT2D eigenvalue weighted by Gasteiger charge is -2.29. The Balaban J connectivity index is 0.000000299. The Kier molecular flexibility index (Phi) is 43.1. The second-order valence-corrected chi connectivity index (χ2v) is 46.4. The van der Waals surface area contributed by atoms with Crippen molar-refractivity contribution in [1.29, 1.82) is 0 Å². The Morgan fingerprint density at radius 3 is 1.29 bits per heavy atom. The van der Waals surface area contributed by atoms with Gasteiger partial charge in [-0.3, -0.25) is 38.9 Å². The normalized spacial score (nSPS) is 12.9. The van der Waals surface area contributed by atoms with Crippen LogP contribution in [0.1, 0.15) is 41.5 Å². The molecule has 36 nitrogen and oxygen atoms in total. The number of nitrogen functional groups attached to an aromatic ring is 1. The van der Waals surface area contributed by atoms with Crippen molar-refractivity contribution in [2.24, 2.45) is 0 Å². The SMILES string of the molecule is BrP(Br)Br.C.CC1(C)OC(=O)CC(=O)O1.COc1ccc(N)cn1.COc1ccc(NC=C2C(=O)OC(C)(C)OC2=O)cn1.COc1ccc2[nH]cc(Cl)c(=O)c2n1.COc1ccc2[nH]ccc(=O)c2n1.COc1ccc2ncc(Cl)c(Br)c2n1.COc1ccc2ncc(Cl)c(Br)c2n1.O=S(=O)(OS(=O)(=O)C(F)(F)F)C(F)(F)F.O=c1ccc2ncc(Cl)c(Br)c2[nH]1. The number of nitrogens with two attached hydrogens (primary N) is 1. The van der Waals surface area contributed by atoms with Gasteiger partial charge in [-0.05, 0) is 137 Å². The van der Waals surface area contributed by atoms with Gasteiger partial charge in [0.1, 0.15) is 37.5 Å². The van der Waals surface area contributed by atoms with E-state index in [4.69, 9.17) is 90.0 Å². The van der Waals surface area contributed by atoms with Crippen LogP contribution in [0.15, 0.2) is 174 Å². The van der Waals surface area contributed by atoms with Crippen molar-refractivity contribution >= 4 is 255 Å². The number of carbonyl (C=O) groups is 4. The van der Waals surface area contributed by atoms with Crippen LogP contribution in [0.4, 0.5) is 37.7 Å². The summed E-state index contributed by atoms with van der Waals surface area (Å²) in [6.07, 6.45) is 11.8. The third-order valence-electron chi connectivity index (χ3n) is 14.0. The van der Waals surface area contributed by atoms with E-state index in [1.54, 1.807) is 113 Å². The maximum atomic E-state index is 11.7. The minimum Gasteiger partial charge on any atom is -0.481 e. The molecule has 0 aromatic carbocycles. The first-order chi connectivity index (χ1) is 58.8. The lowest BCUT2D eigenvalue weighted by Crippen LogP contribution is -2.42. The number of pyridine rings is 12. The lowest BCUT2D eigenvalue weighted by atomic mass is 10.2. The number of halogens is 16. The number of hydrogen-bond donors (Lipinski definition) is 5. The molecule has 14 heterocycles. The van der Waals surface area contributed by atoms with Gasteiger partial charge in [-0.15, -0.1) is 3.63 Å². The summed E-state index contributed by atoms with van der Waals surface area (Å²) < 4.78 is 161. The first kappa shape index (κ1) is 110. The molecule has 0 bridgehead atoms. The topological polar surface area (TPSA) is 491 Å². The van der Waals surface area contributed by atoms with Crippen molar-refractivity contribution in [2.45, 2.75) is 64.1 Å². The number of aromatic nitrogens is 12. The number of nitrogens with one attached hydrogen (secondary N) is 4. The van der Waals surface area contributed by atoms with Gasteiger partial charge in [-0.25, -0.2) is 39.5 Å². The summed E-state index contributed by atoms with van der Waals surface area (Å²) in [5.41, 5.74) is -0.344. The number of anilines is 2. The molecular weight excluding hydrogens is 2240 g/mol. The maximum absolute atomic E-state index is 11.7. The molecule has 0 spiro atoms. The van der Waals surface area contributed by atoms with Crippen molar-refractivity contribution in [3.8, 4) is 35.3 Å². The Hall–Kier alpha value is -9.57. The Bertz CT molecular complexity index is 6170. The predicted octanol–water partition coefficient (Wildman–Crippen LogP) is 17.8. The maximum Gasteiger partial charge on any atom is 0.524 e. The zero-order chi connectivity index (χ0) is 94.6. The van der Waals surface area contributed by atoms with E-state index >= 15 is 0 Å². The van der Waals surface area contributed by atoms with Gasteiger partial charge in [-0.1, -0.05) is 53.8 Å². The number of hydrogen-bond acceptors (Lipinski definition) is 33. The summed E-state index contributed by atoms with van der Waals surface area (Å²) in [6, 6.07) is 25.4. The average molecular weight is 2310 g/mol. The third-order valence-corrected chi connectivity index (χ3v) is 20.9. The number of methoxy groups -OCH3 is 6. The molecule has 0 amide bonds. The molecule has 0 unspecified atom stereocenters. The molecule has 2 aliphatic heterocycles. The smallest absolute Gasteiger partial charge is 0.481 e. The van der Waals surface area contributed by atoms with Gasteiger partial charge in [0.25, 0.3) is 11.6 Å². The molecule has 0 atom stereocenters. The van der Waals surface area contributed by atoms with E-state index < -0.39 is 66.7 Å². The monoisotopic (exact) mass is 2300 g/mol. The van der Waals surface area contributed by atoms with Crippen LogP contribution in [-0.2, 0) is 62.0 Å². The summed E-state index contributed by atoms with van der Waals surface area (Å²) >= 11 is 42.7. The minimum absolute atomic E-state index is 0. The van der Waals surface area contributed by atoms with Gasteiger partial charge in [0.2, 0.25) is 51.7 Å². The van der Waals surface area contributed by atoms with Crippen LogP contribution in [0, 0.1) is 0 Å². The summed E-state index contributed by atoms with van der Waals surface area (Å²) in [6.45, 7) is 6.00. The van der Waals surface area contributed by atoms with Crippen molar-refractivity contribution in [3.63, 3.8) is 0 Å². The van der Waals surface area contributed by atoms with E-state index in [2.05, 4.69) is 169 Å². The van der Waals surface area contributed by atoms with E-state index in [1.165, 1.54) is 85.9 Å². The lowest BCUT2D eigenvalue weighted by molar-refractivity contribution is -0.231. The first-order valence-corrected chi connectivity index (χ1v) is 47.5. The molecule has 684 valence electrons. The standard InChI is InChI=1S/C13H14N2O5.2C9H6BrClN2O.C9H7ClN2O2.C9H8N2O2.C8H4BrClN2O.C6H8N2O.C6H8O4.C2F6O5S2.CH4.Br3P/c1-13(2)19-11(16)9(12(17)20-13)7-14-8-4-5-10(18-3)15-6-8;2*1-14-7-3-2-6-9(13-7)8(10)5(11)4-12-6;1-14-7-3-2-6-8(12-7)9(13)5(10)4-11-6;1-13-8-3-2-6-9(11-8)7(12)4-5-10-6;9-7-4(10)3-11-5-1-2-6(13)12-8(5)7;1-9-6-3-2-5(7)4-8-6;1-6(2)9-4(7)3-5(8)10-6;3-1(4,5)14(9,10)13-15(11,12)2(6,7)8;;1-4(2)3/h4-7,14H,1-3H3;2*2-4H,1H3;2-4H,1H3,(H,11,13);2-5H,1H3,(H,10,12);1-3H,(H,12,13);2-4H,7H2,1H3;3H2,1-2H3;;1H4;. The van der Waals surface area contributed by atoms with Gasteiger partial charge < -0.3 is 73.4 Å². The highest BCUT2D eigenvalue weighted by molar-refractivity contribution is 9.93.